The van der Waals surface area contributed by atoms with Gasteiger partial charge in [-0.05, 0) is 262 Å². The number of fused-ring (bicyclic) bond motifs is 6. The van der Waals surface area contributed by atoms with Gasteiger partial charge in [0.15, 0.2) is 0 Å². The van der Waals surface area contributed by atoms with E-state index in [9.17, 15) is 0 Å². The van der Waals surface area contributed by atoms with E-state index in [4.69, 9.17) is 33.5 Å². The Morgan fingerprint density at radius 1 is 0.224 bits per heavy atom. The van der Waals surface area contributed by atoms with Gasteiger partial charge in [-0.3, -0.25) is 0 Å². The highest BCUT2D eigenvalue weighted by Gasteiger charge is 2.35. The van der Waals surface area contributed by atoms with Gasteiger partial charge in [-0.1, -0.05) is 236 Å². The molecule has 0 saturated heterocycles. The van der Waals surface area contributed by atoms with Gasteiger partial charge in [-0.25, -0.2) is 9.78 Å². The first kappa shape index (κ1) is 70.7. The molecule has 17 rings (SSSR count). The molecule has 2 aliphatic rings. The maximum absolute atomic E-state index is 7.42. The summed E-state index contributed by atoms with van der Waals surface area (Å²) in [5, 5.41) is 22.5. The van der Waals surface area contributed by atoms with Crippen LogP contribution in [0.25, 0.3) is 108 Å². The van der Waals surface area contributed by atoms with Crippen LogP contribution in [-0.2, 0) is 62.6 Å². The first-order chi connectivity index (χ1) is 50.4. The summed E-state index contributed by atoms with van der Waals surface area (Å²) in [5.74, 6) is 6.18. The highest BCUT2D eigenvalue weighted by atomic mass is 17.2. The lowest BCUT2D eigenvalue weighted by Gasteiger charge is -2.33. The van der Waals surface area contributed by atoms with Crippen LogP contribution in [0.3, 0.4) is 0 Å². The summed E-state index contributed by atoms with van der Waals surface area (Å²) in [4.78, 5) is 12.1. The Balaban J connectivity index is 0.924. The molecule has 0 spiro atoms. The fraction of sp³-hybridized carbons (Fsp3) is 0.360. The van der Waals surface area contributed by atoms with E-state index in [1.807, 2.05) is 0 Å². The minimum absolute atomic E-state index is 0.0345. The molecule has 0 N–H and O–H groups in total. The lowest BCUT2D eigenvalue weighted by Crippen LogP contribution is -2.24. The monoisotopic (exact) mass is 1420 g/mol. The quantitative estimate of drug-likeness (QED) is 0.0542. The summed E-state index contributed by atoms with van der Waals surface area (Å²) in [6.45, 7) is 48.2. The third kappa shape index (κ3) is 12.5. The predicted molar refractivity (Wildman–Crippen MR) is 448 cm³/mol. The number of hydrogen-bond acceptors (Lipinski definition) is 7. The van der Waals surface area contributed by atoms with Gasteiger partial charge in [0.1, 0.15) is 59.2 Å². The van der Waals surface area contributed by atoms with Crippen molar-refractivity contribution in [1.82, 2.24) is 0 Å². The molecule has 0 unspecified atom stereocenters. The number of hydrogen-bond donors (Lipinski definition) is 0. The Hall–Kier alpha value is -9.24. The highest BCUT2D eigenvalue weighted by molar-refractivity contribution is 6.47. The Bertz CT molecular complexity index is 5670. The Morgan fingerprint density at radius 2 is 0.430 bits per heavy atom. The number of rotatable bonds is 16. The van der Waals surface area contributed by atoms with Crippen molar-refractivity contribution >= 4 is 108 Å². The summed E-state index contributed by atoms with van der Waals surface area (Å²) in [6.07, 6.45) is 4.17. The van der Waals surface area contributed by atoms with Crippen molar-refractivity contribution in [2.45, 2.75) is 212 Å². The molecule has 546 valence electrons. The maximum Gasteiger partial charge on any atom is 0.136 e. The average Bonchev–Trinajstić information content (AvgIpc) is 0.855. The third-order valence-corrected chi connectivity index (χ3v) is 23.3. The van der Waals surface area contributed by atoms with Crippen molar-refractivity contribution in [2.24, 2.45) is 21.7 Å². The Labute approximate surface area is 631 Å². The van der Waals surface area contributed by atoms with Crippen molar-refractivity contribution in [3.05, 3.63) is 214 Å². The van der Waals surface area contributed by atoms with Crippen molar-refractivity contribution in [2.75, 3.05) is 0 Å². The minimum Gasteiger partial charge on any atom is -0.457 e. The van der Waals surface area contributed by atoms with Crippen LogP contribution in [-0.4, -0.2) is 0 Å². The van der Waals surface area contributed by atoms with Gasteiger partial charge in [0.2, 0.25) is 0 Å². The molecule has 0 atom stereocenters. The first-order valence-corrected chi connectivity index (χ1v) is 38.9. The van der Waals surface area contributed by atoms with E-state index >= 15 is 0 Å². The second kappa shape index (κ2) is 24.6. The molecule has 0 amide bonds. The van der Waals surface area contributed by atoms with Gasteiger partial charge in [-0.2, -0.15) is 0 Å². The zero-order chi connectivity index (χ0) is 75.2. The standard InChI is InChI=1S/C100H104O7/c1-93(2,3)53-97(13,14)61-21-29-65(30-22-61)104-77-45-57-49-101-50-58-46-78(105-66-31-23-62(24-32-66)98(15,16)54-94(4,5)6)88-74-42-38-70-72-40-44-76-86-75(43-39-71(84(72)86)69-37-41-73(85(74)83(69)70)87(77)91(88)81(57)58)89-79(106-67-33-25-63(26-34-67)99(17,18)55-95(7,8)9)47-59-51-102-103-52-60-48-80(90(76)92(89)82(59)60)107-68-35-27-64(28-36-68)100(19,20)56-96(10,11)12/h21-48H,49-56H2,1-20H3. The molecule has 15 aromatic rings. The fourth-order valence-electron chi connectivity index (χ4n) is 20.7. The molecule has 0 fully saturated rings. The van der Waals surface area contributed by atoms with Crippen LogP contribution in [0.4, 0.5) is 0 Å². The molecule has 107 heavy (non-hydrogen) atoms. The van der Waals surface area contributed by atoms with E-state index in [2.05, 4.69) is 308 Å². The highest BCUT2D eigenvalue weighted by Crippen LogP contribution is 2.58. The topological polar surface area (TPSA) is 64.6 Å². The third-order valence-electron chi connectivity index (χ3n) is 23.3. The van der Waals surface area contributed by atoms with E-state index in [0.717, 1.165) is 159 Å². The Morgan fingerprint density at radius 3 is 0.654 bits per heavy atom. The smallest absolute Gasteiger partial charge is 0.136 e. The summed E-state index contributed by atoms with van der Waals surface area (Å²) >= 11 is 0. The van der Waals surface area contributed by atoms with Crippen molar-refractivity contribution in [1.29, 1.82) is 0 Å². The molecule has 2 heterocycles. The van der Waals surface area contributed by atoms with E-state index in [0.29, 0.717) is 13.2 Å². The lowest BCUT2D eigenvalue weighted by atomic mass is 9.72. The molecule has 0 radical (unpaired) electrons. The van der Waals surface area contributed by atoms with E-state index in [1.54, 1.807) is 0 Å². The molecule has 0 aromatic heterocycles. The van der Waals surface area contributed by atoms with Gasteiger partial charge in [-0.15, -0.1) is 0 Å². The van der Waals surface area contributed by atoms with Crippen LogP contribution in [0.2, 0.25) is 0 Å². The second-order valence-electron chi connectivity index (χ2n) is 39.3. The molecule has 7 heteroatoms. The van der Waals surface area contributed by atoms with Crippen LogP contribution in [0.5, 0.6) is 46.0 Å². The zero-order valence-corrected chi connectivity index (χ0v) is 66.7. The van der Waals surface area contributed by atoms with E-state index < -0.39 is 0 Å². The lowest BCUT2D eigenvalue weighted by molar-refractivity contribution is -0.311. The number of benzene rings is 15. The molecule has 0 bridgehead atoms. The van der Waals surface area contributed by atoms with Crippen LogP contribution < -0.4 is 18.9 Å². The molecular formula is C100H104O7. The van der Waals surface area contributed by atoms with Gasteiger partial charge in [0, 0.05) is 32.3 Å². The first-order valence-electron chi connectivity index (χ1n) is 38.9. The minimum atomic E-state index is -0.0455. The van der Waals surface area contributed by atoms with Crippen molar-refractivity contribution in [3.8, 4) is 46.0 Å². The molecule has 0 saturated carbocycles. The van der Waals surface area contributed by atoms with Crippen LogP contribution in [0.15, 0.2) is 170 Å². The van der Waals surface area contributed by atoms with E-state index in [1.165, 1.54) is 65.3 Å². The van der Waals surface area contributed by atoms with Gasteiger partial charge in [0.05, 0.1) is 13.2 Å². The van der Waals surface area contributed by atoms with Crippen LogP contribution in [0.1, 0.15) is 209 Å². The van der Waals surface area contributed by atoms with Gasteiger partial charge in [0.25, 0.3) is 0 Å². The maximum atomic E-state index is 7.42. The Kier molecular flexibility index (Phi) is 16.3. The molecular weight excluding hydrogens is 1310 g/mol. The normalized spacial score (nSPS) is 14.6. The van der Waals surface area contributed by atoms with Crippen LogP contribution >= 0.6 is 0 Å². The zero-order valence-electron chi connectivity index (χ0n) is 66.7. The molecule has 15 aromatic carbocycles. The summed E-state index contributed by atoms with van der Waals surface area (Å²) in [6, 6.07) is 63.3. The SMILES string of the molecule is CC(C)(C)CC(C)(C)c1ccc(Oc2cc3c4c(cc(Oc5ccc(C(C)(C)CC(C)(C)C)cc5)c5c6ccc7c8ccc9c%10c(Oc%11ccc(C(C)(C)CC(C)(C)C)cc%11)cc%11c%12c(cc(Oc%13ccc(C(C)(C)CC(C)(C)C)cc%13)c(c%13ccc(c%14ccc(c2c45)c6c%147)c8c%139)c%12%10)COOC%11)COC3)cc1. The second-order valence-corrected chi connectivity index (χ2v) is 39.3. The summed E-state index contributed by atoms with van der Waals surface area (Å²) < 4.78 is 36.2. The van der Waals surface area contributed by atoms with E-state index in [-0.39, 0.29) is 56.5 Å². The predicted octanol–water partition coefficient (Wildman–Crippen LogP) is 29.5. The largest absolute Gasteiger partial charge is 0.457 e. The fourth-order valence-corrected chi connectivity index (χ4v) is 20.7. The van der Waals surface area contributed by atoms with Crippen molar-refractivity contribution < 1.29 is 33.5 Å². The molecule has 0 aliphatic carbocycles. The number of ether oxygens (including phenoxy) is 5. The molecule has 7 nitrogen and oxygen atoms in total. The van der Waals surface area contributed by atoms with Crippen LogP contribution in [0, 0.1) is 21.7 Å². The molecule has 2 aliphatic heterocycles. The van der Waals surface area contributed by atoms with Gasteiger partial charge < -0.3 is 23.7 Å². The summed E-state index contributed by atoms with van der Waals surface area (Å²) in [5.41, 5.74) is 9.81. The summed E-state index contributed by atoms with van der Waals surface area (Å²) in [7, 11) is 0. The van der Waals surface area contributed by atoms with Gasteiger partial charge >= 0.3 is 0 Å². The average molecular weight is 1420 g/mol. The van der Waals surface area contributed by atoms with Crippen molar-refractivity contribution in [3.63, 3.8) is 0 Å².